The minimum Gasteiger partial charge on any atom is -0.497 e. The van der Waals surface area contributed by atoms with Crippen LogP contribution in [0.4, 0.5) is 5.69 Å². The van der Waals surface area contributed by atoms with Crippen molar-refractivity contribution < 1.29 is 22.7 Å². The number of ether oxygens (including phenoxy) is 2. The van der Waals surface area contributed by atoms with Gasteiger partial charge in [0, 0.05) is 18.0 Å². The van der Waals surface area contributed by atoms with Crippen LogP contribution in [0.3, 0.4) is 0 Å². The van der Waals surface area contributed by atoms with E-state index in [1.54, 1.807) is 19.2 Å². The van der Waals surface area contributed by atoms with E-state index in [1.807, 2.05) is 17.0 Å². The van der Waals surface area contributed by atoms with Gasteiger partial charge in [0.2, 0.25) is 0 Å². The highest BCUT2D eigenvalue weighted by Gasteiger charge is 2.49. The van der Waals surface area contributed by atoms with E-state index in [4.69, 9.17) is 9.47 Å². The van der Waals surface area contributed by atoms with Crippen LogP contribution in [0.5, 0.6) is 5.75 Å². The Morgan fingerprint density at radius 3 is 2.62 bits per heavy atom. The van der Waals surface area contributed by atoms with Crippen LogP contribution in [0.2, 0.25) is 0 Å². The van der Waals surface area contributed by atoms with Gasteiger partial charge < -0.3 is 14.4 Å². The number of methoxy groups -OCH3 is 2. The van der Waals surface area contributed by atoms with E-state index in [-0.39, 0.29) is 35.3 Å². The summed E-state index contributed by atoms with van der Waals surface area (Å²) in [6.45, 7) is -0.103. The summed E-state index contributed by atoms with van der Waals surface area (Å²) < 4.78 is 33.9. The highest BCUT2D eigenvalue weighted by Crippen LogP contribution is 2.41. The molecule has 1 aromatic rings. The summed E-state index contributed by atoms with van der Waals surface area (Å²) in [7, 11) is -0.0603. The van der Waals surface area contributed by atoms with Gasteiger partial charge in [0.25, 0.3) is 5.91 Å². The summed E-state index contributed by atoms with van der Waals surface area (Å²) in [5.74, 6) is 0.484. The van der Waals surface area contributed by atoms with Crippen LogP contribution in [0.15, 0.2) is 29.3 Å². The molecule has 2 fully saturated rings. The summed E-state index contributed by atoms with van der Waals surface area (Å²) in [5.41, 5.74) is 0.789. The average Bonchev–Trinajstić information content (AvgIpc) is 2.98. The van der Waals surface area contributed by atoms with Crippen molar-refractivity contribution in [3.05, 3.63) is 24.3 Å². The molecule has 2 unspecified atom stereocenters. The zero-order chi connectivity index (χ0) is 17.3. The molecule has 130 valence electrons. The fourth-order valence-electron chi connectivity index (χ4n) is 2.87. The fourth-order valence-corrected chi connectivity index (χ4v) is 6.80. The van der Waals surface area contributed by atoms with Gasteiger partial charge >= 0.3 is 0 Å². The molecule has 2 aliphatic rings. The summed E-state index contributed by atoms with van der Waals surface area (Å²) in [4.78, 5) is 17.8. The molecule has 0 radical (unpaired) electrons. The molecule has 2 heterocycles. The molecule has 0 aromatic heterocycles. The van der Waals surface area contributed by atoms with Crippen molar-refractivity contribution in [1.82, 2.24) is 0 Å². The SMILES string of the molecule is COCC(=O)N=C1SC2CS(=O)(=O)CC2N1c1ccc(OC)cc1. The zero-order valence-corrected chi connectivity index (χ0v) is 15.0. The first kappa shape index (κ1) is 17.2. The molecule has 0 saturated carbocycles. The van der Waals surface area contributed by atoms with Gasteiger partial charge in [-0.1, -0.05) is 11.8 Å². The smallest absolute Gasteiger partial charge is 0.274 e. The largest absolute Gasteiger partial charge is 0.497 e. The Hall–Kier alpha value is -1.58. The van der Waals surface area contributed by atoms with Crippen LogP contribution in [0.1, 0.15) is 0 Å². The highest BCUT2D eigenvalue weighted by atomic mass is 32.2. The molecule has 1 aromatic carbocycles. The quantitative estimate of drug-likeness (QED) is 0.780. The Morgan fingerprint density at radius 1 is 1.29 bits per heavy atom. The molecule has 2 atom stereocenters. The first-order valence-electron chi connectivity index (χ1n) is 7.34. The number of amides is 1. The van der Waals surface area contributed by atoms with Crippen LogP contribution < -0.4 is 9.64 Å². The number of amidine groups is 1. The molecule has 9 heteroatoms. The van der Waals surface area contributed by atoms with E-state index in [0.717, 1.165) is 5.69 Å². The molecule has 7 nitrogen and oxygen atoms in total. The number of hydrogen-bond acceptors (Lipinski definition) is 6. The van der Waals surface area contributed by atoms with E-state index in [1.165, 1.54) is 18.9 Å². The Bertz CT molecular complexity index is 761. The standard InChI is InChI=1S/C15H18N2O5S2/c1-21-7-14(18)16-15-17(10-3-5-11(22-2)6-4-10)12-8-24(19,20)9-13(12)23-15/h3-6,12-13H,7-9H2,1-2H3. The third kappa shape index (κ3) is 3.42. The van der Waals surface area contributed by atoms with E-state index >= 15 is 0 Å². The number of rotatable bonds is 4. The second-order valence-electron chi connectivity index (χ2n) is 5.59. The normalized spacial score (nSPS) is 26.6. The number of carbonyl (C=O) groups excluding carboxylic acids is 1. The first-order chi connectivity index (χ1) is 11.4. The number of nitrogens with zero attached hydrogens (tertiary/aromatic N) is 2. The molecule has 0 bridgehead atoms. The number of anilines is 1. The van der Waals surface area contributed by atoms with Crippen LogP contribution in [-0.4, -0.2) is 63.1 Å². The lowest BCUT2D eigenvalue weighted by Gasteiger charge is -2.24. The number of fused-ring (bicyclic) bond motifs is 1. The number of sulfone groups is 1. The highest BCUT2D eigenvalue weighted by molar-refractivity contribution is 8.16. The van der Waals surface area contributed by atoms with E-state index in [9.17, 15) is 13.2 Å². The Kier molecular flexibility index (Phi) is 4.84. The van der Waals surface area contributed by atoms with Crippen LogP contribution in [0.25, 0.3) is 0 Å². The van der Waals surface area contributed by atoms with Crippen LogP contribution in [0, 0.1) is 0 Å². The monoisotopic (exact) mass is 370 g/mol. The van der Waals surface area contributed by atoms with E-state index in [0.29, 0.717) is 10.9 Å². The fraction of sp³-hybridized carbons (Fsp3) is 0.467. The summed E-state index contributed by atoms with van der Waals surface area (Å²) in [6.07, 6.45) is 0. The van der Waals surface area contributed by atoms with Crippen molar-refractivity contribution >= 4 is 38.4 Å². The molecular weight excluding hydrogens is 352 g/mol. The molecule has 2 saturated heterocycles. The van der Waals surface area contributed by atoms with Crippen LogP contribution in [-0.2, 0) is 19.4 Å². The third-order valence-corrected chi connectivity index (χ3v) is 7.12. The van der Waals surface area contributed by atoms with Crippen molar-refractivity contribution in [2.75, 3.05) is 37.2 Å². The van der Waals surface area contributed by atoms with E-state index < -0.39 is 9.84 Å². The first-order valence-corrected chi connectivity index (χ1v) is 10.0. The number of thioether (sulfide) groups is 1. The lowest BCUT2D eigenvalue weighted by molar-refractivity contribution is -0.121. The van der Waals surface area contributed by atoms with Gasteiger partial charge in [0.15, 0.2) is 15.0 Å². The summed E-state index contributed by atoms with van der Waals surface area (Å²) >= 11 is 1.34. The molecule has 0 N–H and O–H groups in total. The van der Waals surface area contributed by atoms with Crippen molar-refractivity contribution in [2.24, 2.45) is 4.99 Å². The maximum absolute atomic E-state index is 12.0. The molecule has 24 heavy (non-hydrogen) atoms. The van der Waals surface area contributed by atoms with Crippen LogP contribution >= 0.6 is 11.8 Å². The average molecular weight is 370 g/mol. The predicted octanol–water partition coefficient (Wildman–Crippen LogP) is 0.943. The second-order valence-corrected chi connectivity index (χ2v) is 8.95. The lowest BCUT2D eigenvalue weighted by atomic mass is 10.2. The number of benzene rings is 1. The second kappa shape index (κ2) is 6.73. The van der Waals surface area contributed by atoms with Gasteiger partial charge in [-0.3, -0.25) is 4.79 Å². The number of hydrogen-bond donors (Lipinski definition) is 0. The topological polar surface area (TPSA) is 85.3 Å². The molecule has 0 spiro atoms. The Morgan fingerprint density at radius 2 is 2.00 bits per heavy atom. The van der Waals surface area contributed by atoms with Crippen molar-refractivity contribution in [3.63, 3.8) is 0 Å². The summed E-state index contributed by atoms with van der Waals surface area (Å²) in [6, 6.07) is 7.05. The minimum atomic E-state index is -3.07. The molecular formula is C15H18N2O5S2. The molecule has 2 aliphatic heterocycles. The van der Waals surface area contributed by atoms with E-state index in [2.05, 4.69) is 4.99 Å². The predicted molar refractivity (Wildman–Crippen MR) is 93.6 cm³/mol. The Labute approximate surface area is 144 Å². The van der Waals surface area contributed by atoms with Gasteiger partial charge in [-0.25, -0.2) is 8.42 Å². The zero-order valence-electron chi connectivity index (χ0n) is 13.3. The lowest BCUT2D eigenvalue weighted by Crippen LogP contribution is -2.37. The molecule has 1 amide bonds. The number of aliphatic imine (C=N–C) groups is 1. The molecule has 3 rings (SSSR count). The van der Waals surface area contributed by atoms with Crippen molar-refractivity contribution in [2.45, 2.75) is 11.3 Å². The van der Waals surface area contributed by atoms with Gasteiger partial charge in [-0.05, 0) is 24.3 Å². The molecule has 0 aliphatic carbocycles. The Balaban J connectivity index is 1.96. The minimum absolute atomic E-state index is 0.0637. The summed E-state index contributed by atoms with van der Waals surface area (Å²) in [5, 5.41) is 0.401. The maximum Gasteiger partial charge on any atom is 0.274 e. The van der Waals surface area contributed by atoms with Gasteiger partial charge in [-0.15, -0.1) is 0 Å². The van der Waals surface area contributed by atoms with Gasteiger partial charge in [0.05, 0.1) is 24.7 Å². The third-order valence-electron chi connectivity index (χ3n) is 3.91. The van der Waals surface area contributed by atoms with Gasteiger partial charge in [-0.2, -0.15) is 4.99 Å². The maximum atomic E-state index is 12.0. The van der Waals surface area contributed by atoms with Crippen molar-refractivity contribution in [1.29, 1.82) is 0 Å². The van der Waals surface area contributed by atoms with Gasteiger partial charge in [0.1, 0.15) is 12.4 Å². The van der Waals surface area contributed by atoms with Crippen molar-refractivity contribution in [3.8, 4) is 5.75 Å². The number of carbonyl (C=O) groups is 1.